The summed E-state index contributed by atoms with van der Waals surface area (Å²) in [4.78, 5) is 14.5. The van der Waals surface area contributed by atoms with Crippen molar-refractivity contribution in [2.24, 2.45) is 0 Å². The molecular formula is C20H25N3O3S. The maximum Gasteiger partial charge on any atom is 0.243 e. The molecule has 0 aliphatic carbocycles. The molecule has 0 atom stereocenters. The predicted molar refractivity (Wildman–Crippen MR) is 106 cm³/mol. The Morgan fingerprint density at radius 1 is 1.00 bits per heavy atom. The summed E-state index contributed by atoms with van der Waals surface area (Å²) in [6.45, 7) is 5.64. The highest BCUT2D eigenvalue weighted by Crippen LogP contribution is 2.18. The molecule has 1 aliphatic heterocycles. The lowest BCUT2D eigenvalue weighted by Gasteiger charge is -2.34. The van der Waals surface area contributed by atoms with Crippen molar-refractivity contribution in [1.29, 1.82) is 0 Å². The molecule has 0 aromatic heterocycles. The summed E-state index contributed by atoms with van der Waals surface area (Å²) in [6.07, 6.45) is 0. The second-order valence-corrected chi connectivity index (χ2v) is 8.71. The van der Waals surface area contributed by atoms with Crippen molar-refractivity contribution in [3.63, 3.8) is 0 Å². The number of piperazine rings is 1. The molecule has 0 bridgehead atoms. The first-order valence-corrected chi connectivity index (χ1v) is 10.5. The lowest BCUT2D eigenvalue weighted by Crippen LogP contribution is -2.51. The molecule has 0 unspecified atom stereocenters. The third kappa shape index (κ3) is 4.48. The molecule has 0 radical (unpaired) electrons. The summed E-state index contributed by atoms with van der Waals surface area (Å²) in [6, 6.07) is 14.5. The normalized spacial score (nSPS) is 15.6. The van der Waals surface area contributed by atoms with E-state index in [0.717, 1.165) is 16.8 Å². The number of carbonyl (C=O) groups is 1. The number of hydrogen-bond donors (Lipinski definition) is 1. The molecule has 0 spiro atoms. The van der Waals surface area contributed by atoms with E-state index < -0.39 is 10.0 Å². The maximum absolute atomic E-state index is 12.7. The number of benzene rings is 2. The number of amides is 1. The molecule has 27 heavy (non-hydrogen) atoms. The highest BCUT2D eigenvalue weighted by molar-refractivity contribution is 7.89. The van der Waals surface area contributed by atoms with Crippen molar-refractivity contribution in [2.45, 2.75) is 18.7 Å². The van der Waals surface area contributed by atoms with Crippen LogP contribution in [-0.2, 0) is 14.8 Å². The first-order chi connectivity index (χ1) is 12.9. The third-order valence-corrected chi connectivity index (χ3v) is 6.71. The van der Waals surface area contributed by atoms with Crippen LogP contribution in [0.3, 0.4) is 0 Å². The minimum absolute atomic E-state index is 0.0207. The van der Waals surface area contributed by atoms with Crippen LogP contribution in [0.15, 0.2) is 53.4 Å². The number of carbonyl (C=O) groups excluding carboxylic acids is 1. The van der Waals surface area contributed by atoms with Crippen molar-refractivity contribution >= 4 is 21.6 Å². The molecule has 144 valence electrons. The molecule has 1 fully saturated rings. The van der Waals surface area contributed by atoms with Gasteiger partial charge in [0.25, 0.3) is 0 Å². The summed E-state index contributed by atoms with van der Waals surface area (Å²) in [7, 11) is -3.50. The van der Waals surface area contributed by atoms with Crippen molar-refractivity contribution < 1.29 is 13.2 Å². The SMILES string of the molecule is Cc1ccc(C)c(NCC(=O)N2CCN(S(=O)(=O)c3ccccc3)CC2)c1. The van der Waals surface area contributed by atoms with Crippen LogP contribution in [0.2, 0.25) is 0 Å². The molecule has 3 rings (SSSR count). The number of anilines is 1. The zero-order chi connectivity index (χ0) is 19.4. The second kappa shape index (κ2) is 8.10. The van der Waals surface area contributed by atoms with Gasteiger partial charge in [0.15, 0.2) is 0 Å². The number of nitrogens with zero attached hydrogens (tertiary/aromatic N) is 2. The van der Waals surface area contributed by atoms with E-state index in [0.29, 0.717) is 31.1 Å². The van der Waals surface area contributed by atoms with Crippen LogP contribution in [0.5, 0.6) is 0 Å². The van der Waals surface area contributed by atoms with Crippen LogP contribution < -0.4 is 5.32 Å². The van der Waals surface area contributed by atoms with E-state index in [1.165, 1.54) is 4.31 Å². The monoisotopic (exact) mass is 387 g/mol. The van der Waals surface area contributed by atoms with Gasteiger partial charge >= 0.3 is 0 Å². The van der Waals surface area contributed by atoms with Gasteiger partial charge in [0.1, 0.15) is 0 Å². The van der Waals surface area contributed by atoms with Gasteiger partial charge in [-0.25, -0.2) is 8.42 Å². The van der Waals surface area contributed by atoms with Gasteiger partial charge in [-0.3, -0.25) is 4.79 Å². The quantitative estimate of drug-likeness (QED) is 0.854. The maximum atomic E-state index is 12.7. The van der Waals surface area contributed by atoms with E-state index in [9.17, 15) is 13.2 Å². The summed E-state index contributed by atoms with van der Waals surface area (Å²) in [5.74, 6) is -0.0207. The first-order valence-electron chi connectivity index (χ1n) is 9.02. The Morgan fingerprint density at radius 2 is 1.67 bits per heavy atom. The van der Waals surface area contributed by atoms with E-state index in [1.807, 2.05) is 32.0 Å². The van der Waals surface area contributed by atoms with Gasteiger partial charge in [-0.05, 0) is 43.2 Å². The van der Waals surface area contributed by atoms with Gasteiger partial charge in [0, 0.05) is 31.9 Å². The van der Waals surface area contributed by atoms with Crippen LogP contribution in [0, 0.1) is 13.8 Å². The minimum atomic E-state index is -3.50. The van der Waals surface area contributed by atoms with Crippen molar-refractivity contribution in [1.82, 2.24) is 9.21 Å². The van der Waals surface area contributed by atoms with Gasteiger partial charge in [-0.15, -0.1) is 0 Å². The summed E-state index contributed by atoms with van der Waals surface area (Å²) in [5, 5.41) is 3.20. The lowest BCUT2D eigenvalue weighted by molar-refractivity contribution is -0.130. The van der Waals surface area contributed by atoms with Gasteiger partial charge in [-0.1, -0.05) is 30.3 Å². The average Bonchev–Trinajstić information content (AvgIpc) is 2.69. The van der Waals surface area contributed by atoms with Crippen LogP contribution in [0.1, 0.15) is 11.1 Å². The second-order valence-electron chi connectivity index (χ2n) is 6.77. The first kappa shape index (κ1) is 19.4. The molecule has 1 saturated heterocycles. The number of aryl methyl sites for hydroxylation is 2. The van der Waals surface area contributed by atoms with Crippen LogP contribution in [-0.4, -0.2) is 56.3 Å². The van der Waals surface area contributed by atoms with E-state index >= 15 is 0 Å². The Morgan fingerprint density at radius 3 is 2.33 bits per heavy atom. The molecule has 2 aromatic carbocycles. The Balaban J connectivity index is 1.56. The molecule has 6 nitrogen and oxygen atoms in total. The van der Waals surface area contributed by atoms with Crippen LogP contribution in [0.4, 0.5) is 5.69 Å². The van der Waals surface area contributed by atoms with Crippen molar-refractivity contribution in [2.75, 3.05) is 38.0 Å². The highest BCUT2D eigenvalue weighted by Gasteiger charge is 2.29. The topological polar surface area (TPSA) is 69.7 Å². The predicted octanol–water partition coefficient (Wildman–Crippen LogP) is 2.25. The summed E-state index contributed by atoms with van der Waals surface area (Å²) >= 11 is 0. The standard InChI is InChI=1S/C20H25N3O3S/c1-16-8-9-17(2)19(14-16)21-15-20(24)22-10-12-23(13-11-22)27(25,26)18-6-4-3-5-7-18/h3-9,14,21H,10-13,15H2,1-2H3. The zero-order valence-corrected chi connectivity index (χ0v) is 16.5. The molecular weight excluding hydrogens is 362 g/mol. The Kier molecular flexibility index (Phi) is 5.82. The van der Waals surface area contributed by atoms with Crippen molar-refractivity contribution in [3.05, 3.63) is 59.7 Å². The summed E-state index contributed by atoms with van der Waals surface area (Å²) < 4.78 is 26.8. The van der Waals surface area contributed by atoms with Gasteiger partial charge in [0.05, 0.1) is 11.4 Å². The smallest absolute Gasteiger partial charge is 0.243 e. The molecule has 1 heterocycles. The Hall–Kier alpha value is -2.38. The van der Waals surface area contributed by atoms with Crippen LogP contribution >= 0.6 is 0 Å². The largest absolute Gasteiger partial charge is 0.376 e. The fraction of sp³-hybridized carbons (Fsp3) is 0.350. The molecule has 2 aromatic rings. The van der Waals surface area contributed by atoms with Gasteiger partial charge < -0.3 is 10.2 Å². The van der Waals surface area contributed by atoms with E-state index in [2.05, 4.69) is 5.32 Å². The molecule has 0 saturated carbocycles. The Labute approximate surface area is 160 Å². The number of hydrogen-bond acceptors (Lipinski definition) is 4. The summed E-state index contributed by atoms with van der Waals surface area (Å²) in [5.41, 5.74) is 3.18. The number of rotatable bonds is 5. The van der Waals surface area contributed by atoms with E-state index in [-0.39, 0.29) is 12.5 Å². The zero-order valence-electron chi connectivity index (χ0n) is 15.7. The highest BCUT2D eigenvalue weighted by atomic mass is 32.2. The molecule has 1 N–H and O–H groups in total. The van der Waals surface area contributed by atoms with Crippen LogP contribution in [0.25, 0.3) is 0 Å². The van der Waals surface area contributed by atoms with E-state index in [1.54, 1.807) is 35.2 Å². The van der Waals surface area contributed by atoms with Crippen molar-refractivity contribution in [3.8, 4) is 0 Å². The van der Waals surface area contributed by atoms with Gasteiger partial charge in [-0.2, -0.15) is 4.31 Å². The fourth-order valence-electron chi connectivity index (χ4n) is 3.13. The average molecular weight is 388 g/mol. The lowest BCUT2D eigenvalue weighted by atomic mass is 10.1. The minimum Gasteiger partial charge on any atom is -0.376 e. The number of nitrogens with one attached hydrogen (secondary N) is 1. The Bertz CT molecular complexity index is 905. The molecule has 7 heteroatoms. The molecule has 1 aliphatic rings. The van der Waals surface area contributed by atoms with E-state index in [4.69, 9.17) is 0 Å². The van der Waals surface area contributed by atoms with Gasteiger partial charge in [0.2, 0.25) is 15.9 Å². The fourth-order valence-corrected chi connectivity index (χ4v) is 4.57. The molecule has 1 amide bonds. The third-order valence-electron chi connectivity index (χ3n) is 4.80. The number of sulfonamides is 1.